The van der Waals surface area contributed by atoms with Gasteiger partial charge in [-0.1, -0.05) is 54.4 Å². The second kappa shape index (κ2) is 6.31. The molecule has 0 spiro atoms. The standard InChI is InChI=1S/C16H17Cl2N/c1-3-15(12-7-9-13(17)10-8-12)19-16-11(2)5-4-6-14(16)18/h4-10,15,19H,3H2,1-2H3. The molecule has 2 aromatic carbocycles. The molecule has 0 fully saturated rings. The highest BCUT2D eigenvalue weighted by molar-refractivity contribution is 6.33. The lowest BCUT2D eigenvalue weighted by Crippen LogP contribution is -2.10. The second-order valence-electron chi connectivity index (χ2n) is 4.59. The van der Waals surface area contributed by atoms with Gasteiger partial charge in [-0.3, -0.25) is 0 Å². The van der Waals surface area contributed by atoms with Crippen molar-refractivity contribution in [2.75, 3.05) is 5.32 Å². The summed E-state index contributed by atoms with van der Waals surface area (Å²) in [6.45, 7) is 4.21. The van der Waals surface area contributed by atoms with Crippen molar-refractivity contribution in [2.45, 2.75) is 26.3 Å². The van der Waals surface area contributed by atoms with Crippen molar-refractivity contribution >= 4 is 28.9 Å². The number of para-hydroxylation sites is 1. The van der Waals surface area contributed by atoms with Gasteiger partial charge in [-0.2, -0.15) is 0 Å². The summed E-state index contributed by atoms with van der Waals surface area (Å²) in [5.74, 6) is 0. The van der Waals surface area contributed by atoms with E-state index < -0.39 is 0 Å². The molecule has 0 saturated heterocycles. The van der Waals surface area contributed by atoms with Gasteiger partial charge in [0.15, 0.2) is 0 Å². The molecule has 0 aromatic heterocycles. The lowest BCUT2D eigenvalue weighted by Gasteiger charge is -2.21. The number of hydrogen-bond acceptors (Lipinski definition) is 1. The van der Waals surface area contributed by atoms with Gasteiger partial charge in [-0.15, -0.1) is 0 Å². The highest BCUT2D eigenvalue weighted by atomic mass is 35.5. The van der Waals surface area contributed by atoms with Gasteiger partial charge in [0.2, 0.25) is 0 Å². The highest BCUT2D eigenvalue weighted by Crippen LogP contribution is 2.31. The molecule has 0 amide bonds. The Hall–Kier alpha value is -1.18. The number of benzene rings is 2. The summed E-state index contributed by atoms with van der Waals surface area (Å²) in [7, 11) is 0. The zero-order chi connectivity index (χ0) is 13.8. The van der Waals surface area contributed by atoms with E-state index >= 15 is 0 Å². The van der Waals surface area contributed by atoms with Gasteiger partial charge in [0.05, 0.1) is 16.8 Å². The summed E-state index contributed by atoms with van der Waals surface area (Å²) in [4.78, 5) is 0. The van der Waals surface area contributed by atoms with Crippen LogP contribution in [0.15, 0.2) is 42.5 Å². The van der Waals surface area contributed by atoms with E-state index in [1.807, 2.05) is 24.3 Å². The van der Waals surface area contributed by atoms with Crippen molar-refractivity contribution < 1.29 is 0 Å². The molecule has 0 heterocycles. The first-order chi connectivity index (χ1) is 9.11. The summed E-state index contributed by atoms with van der Waals surface area (Å²) in [5, 5.41) is 5.04. The van der Waals surface area contributed by atoms with Crippen LogP contribution in [-0.4, -0.2) is 0 Å². The van der Waals surface area contributed by atoms with Gasteiger partial charge >= 0.3 is 0 Å². The van der Waals surface area contributed by atoms with Crippen LogP contribution in [0, 0.1) is 6.92 Å². The summed E-state index contributed by atoms with van der Waals surface area (Å²) in [5.41, 5.74) is 3.37. The van der Waals surface area contributed by atoms with Crippen molar-refractivity contribution in [1.29, 1.82) is 0 Å². The monoisotopic (exact) mass is 293 g/mol. The lowest BCUT2D eigenvalue weighted by molar-refractivity contribution is 0.748. The first-order valence-corrected chi connectivity index (χ1v) is 7.14. The Kier molecular flexibility index (Phi) is 4.73. The van der Waals surface area contributed by atoms with E-state index in [4.69, 9.17) is 23.2 Å². The van der Waals surface area contributed by atoms with E-state index in [1.54, 1.807) is 0 Å². The third-order valence-corrected chi connectivity index (χ3v) is 3.79. The maximum absolute atomic E-state index is 6.26. The molecule has 100 valence electrons. The molecule has 0 bridgehead atoms. The number of halogens is 2. The molecule has 0 aliphatic carbocycles. The Labute approximate surface area is 124 Å². The number of rotatable bonds is 4. The second-order valence-corrected chi connectivity index (χ2v) is 5.43. The molecule has 1 atom stereocenters. The fourth-order valence-electron chi connectivity index (χ4n) is 2.11. The van der Waals surface area contributed by atoms with Gasteiger partial charge in [0.1, 0.15) is 0 Å². The van der Waals surface area contributed by atoms with E-state index in [2.05, 4.69) is 37.4 Å². The zero-order valence-corrected chi connectivity index (χ0v) is 12.6. The SMILES string of the molecule is CCC(Nc1c(C)cccc1Cl)c1ccc(Cl)cc1. The van der Waals surface area contributed by atoms with Crippen LogP contribution in [-0.2, 0) is 0 Å². The van der Waals surface area contributed by atoms with E-state index in [-0.39, 0.29) is 6.04 Å². The Morgan fingerprint density at radius 3 is 2.32 bits per heavy atom. The van der Waals surface area contributed by atoms with Crippen LogP contribution in [0.1, 0.15) is 30.5 Å². The van der Waals surface area contributed by atoms with Crippen LogP contribution >= 0.6 is 23.2 Å². The first-order valence-electron chi connectivity index (χ1n) is 6.39. The Morgan fingerprint density at radius 2 is 1.74 bits per heavy atom. The number of anilines is 1. The predicted octanol–water partition coefficient (Wildman–Crippen LogP) is 5.87. The van der Waals surface area contributed by atoms with Gasteiger partial charge < -0.3 is 5.32 Å². The summed E-state index contributed by atoms with van der Waals surface area (Å²) < 4.78 is 0. The minimum atomic E-state index is 0.232. The van der Waals surface area contributed by atoms with E-state index in [0.29, 0.717) is 0 Å². The minimum absolute atomic E-state index is 0.232. The van der Waals surface area contributed by atoms with Crippen LogP contribution in [0.2, 0.25) is 10.0 Å². The van der Waals surface area contributed by atoms with Gasteiger partial charge in [-0.05, 0) is 42.7 Å². The largest absolute Gasteiger partial charge is 0.377 e. The molecule has 19 heavy (non-hydrogen) atoms. The number of aryl methyl sites for hydroxylation is 1. The summed E-state index contributed by atoms with van der Waals surface area (Å²) in [6.07, 6.45) is 0.978. The maximum atomic E-state index is 6.26. The molecule has 0 radical (unpaired) electrons. The quantitative estimate of drug-likeness (QED) is 0.744. The van der Waals surface area contributed by atoms with E-state index in [0.717, 1.165) is 27.7 Å². The van der Waals surface area contributed by atoms with Crippen molar-refractivity contribution in [3.8, 4) is 0 Å². The third-order valence-electron chi connectivity index (χ3n) is 3.22. The topological polar surface area (TPSA) is 12.0 Å². The molecule has 2 aromatic rings. The predicted molar refractivity (Wildman–Crippen MR) is 84.3 cm³/mol. The Bertz CT molecular complexity index is 529. The number of hydrogen-bond donors (Lipinski definition) is 1. The average molecular weight is 294 g/mol. The van der Waals surface area contributed by atoms with Crippen LogP contribution in [0.25, 0.3) is 0 Å². The first kappa shape index (κ1) is 14.2. The average Bonchev–Trinajstić information content (AvgIpc) is 2.40. The van der Waals surface area contributed by atoms with Gasteiger partial charge in [0, 0.05) is 5.02 Å². The summed E-state index contributed by atoms with van der Waals surface area (Å²) in [6, 6.07) is 14.1. The van der Waals surface area contributed by atoms with Crippen molar-refractivity contribution in [2.24, 2.45) is 0 Å². The van der Waals surface area contributed by atoms with Gasteiger partial charge in [-0.25, -0.2) is 0 Å². The summed E-state index contributed by atoms with van der Waals surface area (Å²) >= 11 is 12.2. The van der Waals surface area contributed by atoms with Crippen molar-refractivity contribution in [3.63, 3.8) is 0 Å². The molecule has 1 nitrogen and oxygen atoms in total. The molecular formula is C16H17Cl2N. The molecule has 2 rings (SSSR count). The zero-order valence-electron chi connectivity index (χ0n) is 11.1. The minimum Gasteiger partial charge on any atom is -0.377 e. The fourth-order valence-corrected chi connectivity index (χ4v) is 2.51. The molecule has 0 aliphatic heterocycles. The number of nitrogens with one attached hydrogen (secondary N) is 1. The maximum Gasteiger partial charge on any atom is 0.0640 e. The third kappa shape index (κ3) is 3.43. The van der Waals surface area contributed by atoms with Crippen LogP contribution in [0.4, 0.5) is 5.69 Å². The smallest absolute Gasteiger partial charge is 0.0640 e. The molecule has 0 saturated carbocycles. The molecule has 0 aliphatic rings. The fraction of sp³-hybridized carbons (Fsp3) is 0.250. The van der Waals surface area contributed by atoms with Gasteiger partial charge in [0.25, 0.3) is 0 Å². The van der Waals surface area contributed by atoms with Crippen molar-refractivity contribution in [3.05, 3.63) is 63.6 Å². The lowest BCUT2D eigenvalue weighted by atomic mass is 10.0. The molecule has 1 unspecified atom stereocenters. The van der Waals surface area contributed by atoms with Crippen LogP contribution < -0.4 is 5.32 Å². The molecular weight excluding hydrogens is 277 g/mol. The Balaban J connectivity index is 2.26. The highest BCUT2D eigenvalue weighted by Gasteiger charge is 2.12. The van der Waals surface area contributed by atoms with Crippen LogP contribution in [0.3, 0.4) is 0 Å². The normalized spacial score (nSPS) is 12.2. The molecule has 3 heteroatoms. The van der Waals surface area contributed by atoms with E-state index in [1.165, 1.54) is 5.56 Å². The van der Waals surface area contributed by atoms with E-state index in [9.17, 15) is 0 Å². The van der Waals surface area contributed by atoms with Crippen LogP contribution in [0.5, 0.6) is 0 Å². The molecule has 1 N–H and O–H groups in total. The van der Waals surface area contributed by atoms with Crippen molar-refractivity contribution in [1.82, 2.24) is 0 Å². The Morgan fingerprint density at radius 1 is 1.05 bits per heavy atom.